The Labute approximate surface area is 654 Å². The number of ketones is 1. The van der Waals surface area contributed by atoms with E-state index >= 15 is 0 Å². The van der Waals surface area contributed by atoms with Gasteiger partial charge in [-0.3, -0.25) is 19.2 Å². The minimum absolute atomic E-state index is 0. The molecule has 4 aliphatic heterocycles. The molecule has 3 saturated heterocycles. The van der Waals surface area contributed by atoms with Gasteiger partial charge in [-0.2, -0.15) is 5.06 Å². The van der Waals surface area contributed by atoms with Gasteiger partial charge in [-0.25, -0.2) is 9.59 Å². The maximum absolute atomic E-state index is 12.9. The number of nitrogens with zero attached hydrogens (tertiary/aromatic N) is 4. The van der Waals surface area contributed by atoms with E-state index in [9.17, 15) is 33.7 Å². The van der Waals surface area contributed by atoms with Crippen LogP contribution in [0.1, 0.15) is 244 Å². The first-order chi connectivity index (χ1) is 49.8. The maximum atomic E-state index is 12.9. The van der Waals surface area contributed by atoms with E-state index in [4.69, 9.17) is 19.0 Å². The monoisotopic (exact) mass is 1520 g/mol. The van der Waals surface area contributed by atoms with Crippen LogP contribution >= 0.6 is 0 Å². The van der Waals surface area contributed by atoms with Crippen molar-refractivity contribution in [1.82, 2.24) is 25.2 Å². The van der Waals surface area contributed by atoms with Gasteiger partial charge in [-0.1, -0.05) is 170 Å². The van der Waals surface area contributed by atoms with Crippen LogP contribution in [0.15, 0.2) is 90.5 Å². The fourth-order valence-electron chi connectivity index (χ4n) is 19.4. The van der Waals surface area contributed by atoms with E-state index in [1.54, 1.807) is 70.9 Å². The second-order valence-electron chi connectivity index (χ2n) is 29.5. The minimum atomic E-state index is -1.28. The number of Topliss-reactive ketones (excluding diaryl/α,β-unsaturated/α-hetero) is 1. The summed E-state index contributed by atoms with van der Waals surface area (Å²) in [5.41, 5.74) is 4.89. The number of anilines is 1. The molecule has 2 amide bonds. The van der Waals surface area contributed by atoms with Crippen LogP contribution in [0.2, 0.25) is 0 Å². The Morgan fingerprint density at radius 1 is 0.676 bits per heavy atom. The van der Waals surface area contributed by atoms with Gasteiger partial charge in [0, 0.05) is 129 Å². The summed E-state index contributed by atoms with van der Waals surface area (Å²) in [5, 5.41) is 11.1. The first kappa shape index (κ1) is 89.4. The molecule has 5 saturated carbocycles. The van der Waals surface area contributed by atoms with E-state index in [0.29, 0.717) is 50.1 Å². The molecule has 577 valence electrons. The number of hydrogen-bond acceptors (Lipinski definition) is 13. The number of para-hydroxylation sites is 3. The smallest absolute Gasteiger partial charge is 0.328 e. The Hall–Kier alpha value is -6.26. The summed E-state index contributed by atoms with van der Waals surface area (Å²) in [7, 11) is 0. The fraction of sp³-hybridized carbons (Fsp3) is 0.640. The van der Waals surface area contributed by atoms with Crippen LogP contribution in [0.25, 0.3) is 21.8 Å². The SMILES string of the molecule is C.C#C.C1CC2CCC12.CC.CC.CCC1CC2(CC)[C@@H]3CCCC[C@@H]3[C@H](CC)[C@H]2C1C(C)C.CCOC(=O)C(C)Cc1c[nH]c2ccccc12.CCOC(=O)C(Cc1c[nH]c2ccccc12)NC(C)=O.CCOC(=O)C1CC2(ON3C4CCCC3CC(=O)C4)c3ccccc3N(N=O)[C-]2N1C(C)=O.[Y]. The number of fused-ring (bicyclic) bond motifs is 11. The van der Waals surface area contributed by atoms with Gasteiger partial charge in [-0.15, -0.1) is 17.8 Å². The molecule has 105 heavy (non-hydrogen) atoms. The number of nitroso groups, excluding NO2 is 1. The molecule has 8 fully saturated rings. The minimum Gasteiger partial charge on any atom is -0.466 e. The van der Waals surface area contributed by atoms with Gasteiger partial charge in [0.1, 0.15) is 17.9 Å². The van der Waals surface area contributed by atoms with Gasteiger partial charge in [0.05, 0.1) is 25.7 Å². The first-order valence-corrected chi connectivity index (χ1v) is 39.4. The van der Waals surface area contributed by atoms with Gasteiger partial charge in [0.2, 0.25) is 5.91 Å². The van der Waals surface area contributed by atoms with Crippen LogP contribution in [-0.4, -0.2) is 99.4 Å². The van der Waals surface area contributed by atoms with E-state index in [-0.39, 0.29) is 95.0 Å². The number of hydrogen-bond donors (Lipinski definition) is 3. The Bertz CT molecular complexity index is 3550. The molecule has 5 aliphatic carbocycles. The largest absolute Gasteiger partial charge is 0.466 e. The number of ether oxygens (including phenoxy) is 3. The Balaban J connectivity index is 0.000000243. The molecule has 6 heterocycles. The fourth-order valence-corrected chi connectivity index (χ4v) is 19.4. The second-order valence-corrected chi connectivity index (χ2v) is 29.5. The quantitative estimate of drug-likeness (QED) is 0.0244. The number of nitrogens with one attached hydrogen (secondary N) is 3. The van der Waals surface area contributed by atoms with Crippen molar-refractivity contribution >= 4 is 63.0 Å². The van der Waals surface area contributed by atoms with Crippen molar-refractivity contribution in [2.75, 3.05) is 24.8 Å². The van der Waals surface area contributed by atoms with Crippen LogP contribution in [0.4, 0.5) is 5.69 Å². The van der Waals surface area contributed by atoms with Gasteiger partial charge in [0.15, 0.2) is 5.91 Å². The molecule has 18 nitrogen and oxygen atoms in total. The molecule has 5 aromatic rings. The number of amides is 2. The first-order valence-electron chi connectivity index (χ1n) is 39.4. The van der Waals surface area contributed by atoms with E-state index < -0.39 is 35.5 Å². The predicted octanol–water partition coefficient (Wildman–Crippen LogP) is 18.6. The van der Waals surface area contributed by atoms with Crippen LogP contribution in [-0.2, 0) is 99.0 Å². The number of esters is 3. The van der Waals surface area contributed by atoms with Crippen LogP contribution < -0.4 is 10.3 Å². The van der Waals surface area contributed by atoms with Crippen LogP contribution in [0, 0.1) is 88.5 Å². The summed E-state index contributed by atoms with van der Waals surface area (Å²) in [5.74, 6) is 8.01. The van der Waals surface area contributed by atoms with Gasteiger partial charge >= 0.3 is 17.9 Å². The van der Waals surface area contributed by atoms with Crippen molar-refractivity contribution in [2.45, 2.75) is 269 Å². The number of H-pyrrole nitrogens is 2. The van der Waals surface area contributed by atoms with E-state index in [2.05, 4.69) is 74.1 Å². The molecule has 2 bridgehead atoms. The number of aromatic amines is 2. The molecular formula is C86H128N7O11Y-. The van der Waals surface area contributed by atoms with E-state index in [1.165, 1.54) is 73.6 Å². The summed E-state index contributed by atoms with van der Waals surface area (Å²) in [6, 6.07) is 21.3. The zero-order valence-corrected chi connectivity index (χ0v) is 68.3. The van der Waals surface area contributed by atoms with Gasteiger partial charge in [0.25, 0.3) is 0 Å². The summed E-state index contributed by atoms with van der Waals surface area (Å²) in [4.78, 5) is 99.1. The molecule has 2 aromatic heterocycles. The van der Waals surface area contributed by atoms with Gasteiger partial charge < -0.3 is 44.2 Å². The number of hydroxylamine groups is 2. The second kappa shape index (κ2) is 42.5. The van der Waals surface area contributed by atoms with Crippen LogP contribution in [0.5, 0.6) is 0 Å². The Morgan fingerprint density at radius 2 is 1.21 bits per heavy atom. The van der Waals surface area contributed by atoms with Crippen molar-refractivity contribution in [2.24, 2.45) is 69.9 Å². The number of likely N-dealkylation sites (tertiary alicyclic amines) is 1. The number of benzene rings is 3. The molecule has 3 aromatic carbocycles. The third kappa shape index (κ3) is 19.8. The molecule has 13 atom stereocenters. The molecule has 9 unspecified atom stereocenters. The average molecular weight is 1520 g/mol. The third-order valence-corrected chi connectivity index (χ3v) is 23.8. The molecule has 9 aliphatic rings. The van der Waals surface area contributed by atoms with E-state index in [1.807, 2.05) is 114 Å². The maximum Gasteiger partial charge on any atom is 0.328 e. The summed E-state index contributed by atoms with van der Waals surface area (Å²) >= 11 is 0. The third-order valence-electron chi connectivity index (χ3n) is 23.8. The summed E-state index contributed by atoms with van der Waals surface area (Å²) in [6.07, 6.45) is 35.0. The number of piperidine rings is 2. The topological polar surface area (TPSA) is 222 Å². The van der Waals surface area contributed by atoms with Crippen molar-refractivity contribution in [1.29, 1.82) is 0 Å². The molecule has 19 heteroatoms. The van der Waals surface area contributed by atoms with Crippen molar-refractivity contribution in [3.8, 4) is 12.8 Å². The summed E-state index contributed by atoms with van der Waals surface area (Å²) < 4.78 is 15.3. The predicted molar refractivity (Wildman–Crippen MR) is 417 cm³/mol. The summed E-state index contributed by atoms with van der Waals surface area (Å²) in [6.45, 7) is 31.3. The van der Waals surface area contributed by atoms with Crippen molar-refractivity contribution < 1.29 is 80.5 Å². The zero-order valence-electron chi connectivity index (χ0n) is 65.4. The van der Waals surface area contributed by atoms with Crippen LogP contribution in [0.3, 0.4) is 0 Å². The van der Waals surface area contributed by atoms with Crippen molar-refractivity contribution in [3.63, 3.8) is 0 Å². The molecule has 1 radical (unpaired) electrons. The van der Waals surface area contributed by atoms with Crippen molar-refractivity contribution in [3.05, 3.63) is 113 Å². The Morgan fingerprint density at radius 3 is 1.70 bits per heavy atom. The number of carbonyl (C=O) groups is 6. The standard InChI is InChI=1S/C23H27N4O6.C21H38.C15H18N2O3.C14H17NO2.C6H10.2C2H6.C2H2.CH4.Y/c1-3-32-21(30)20-13-23(33-27-15-7-6-8-16(27)12-17(29)11-15)18-9-4-5-10-19(18)26(24-31)22(23)25(20)14(2)28;1-6-15-13-21(8-3)18-12-10-9-11-17(18)16(7-2)20(21)19(15)14(4)5;1-3-20-15(19)14(17-10(2)18)8-11-9-16-13-7-5-4-6-12(11)13;1-3-17-14(16)10(2)8-11-9-15-13-7-5-4-6-12(11)13;1-2-6-4-3-5(1)6;3*1-2;;/h4-5,9-10,15-16,20H,3,6-8,11-13H2,1-2H3;14-20H,6-13H2,1-5H3;4-7,9,14,16H,3,8H2,1-2H3,(H,17,18);4-7,9-10,15H,3,8H2,1-2H3;5-6H,1-4H2;2*1-2H3;1-2H;1H4;/q-1;;;;;;;;;/t;15?,16-,17+,18+,19?,20-,21?;;;;;;;;/m.0......../s1. The average Bonchev–Trinajstić information content (AvgIpc) is 1.57. The van der Waals surface area contributed by atoms with E-state index in [0.717, 1.165) is 93.1 Å². The Kier molecular flexibility index (Phi) is 36.2. The molecule has 0 spiro atoms. The number of terminal acetylenes is 1. The number of rotatable bonds is 18. The zero-order chi connectivity index (χ0) is 75.3. The molecule has 3 N–H and O–H groups in total. The molecular weight excluding hydrogens is 1400 g/mol. The normalized spacial score (nSPS) is 27.2. The molecule has 14 rings (SSSR count). The number of carbonyl (C=O) groups excluding carboxylic acids is 6. The van der Waals surface area contributed by atoms with Gasteiger partial charge in [-0.05, 0) is 191 Å². The number of aromatic nitrogens is 2.